The van der Waals surface area contributed by atoms with Crippen molar-refractivity contribution in [2.45, 2.75) is 4.21 Å². The highest BCUT2D eigenvalue weighted by Crippen LogP contribution is 2.38. The van der Waals surface area contributed by atoms with E-state index in [1.165, 1.54) is 6.07 Å². The molecule has 0 aliphatic carbocycles. The number of hydrogen-bond donors (Lipinski definition) is 3. The summed E-state index contributed by atoms with van der Waals surface area (Å²) in [6.45, 7) is 0. The normalized spacial score (nSPS) is 11.3. The van der Waals surface area contributed by atoms with E-state index in [9.17, 15) is 13.2 Å². The zero-order chi connectivity index (χ0) is 14.9. The molecule has 9 heteroatoms. The van der Waals surface area contributed by atoms with Crippen molar-refractivity contribution in [1.82, 2.24) is 0 Å². The predicted molar refractivity (Wildman–Crippen MR) is 77.8 cm³/mol. The van der Waals surface area contributed by atoms with Crippen molar-refractivity contribution in [3.8, 4) is 10.4 Å². The molecule has 2 rings (SSSR count). The lowest BCUT2D eigenvalue weighted by Gasteiger charge is -1.99. The molecule has 20 heavy (non-hydrogen) atoms. The molecule has 6 nitrogen and oxygen atoms in total. The molecule has 0 saturated carbocycles. The second-order valence-corrected chi connectivity index (χ2v) is 6.89. The van der Waals surface area contributed by atoms with Crippen LogP contribution in [0.2, 0.25) is 5.02 Å². The van der Waals surface area contributed by atoms with Gasteiger partial charge in [-0.3, -0.25) is 4.55 Å². The Bertz CT molecular complexity index is 770. The van der Waals surface area contributed by atoms with Gasteiger partial charge in [0.25, 0.3) is 0 Å². The first kappa shape index (κ1) is 14.8. The van der Waals surface area contributed by atoms with E-state index < -0.39 is 16.1 Å². The standard InChI is InChI=1S/C11H9ClN2O4S2/c12-7-3-1-2-6(4-7)9-5-8(14-11(13)15)10(19-9)20(16,17)18/h1-5H,(H3,13,14,15)(H,16,17,18). The van der Waals surface area contributed by atoms with E-state index in [1.807, 2.05) is 0 Å². The lowest BCUT2D eigenvalue weighted by Crippen LogP contribution is -2.20. The molecule has 2 amide bonds. The van der Waals surface area contributed by atoms with Crippen LogP contribution in [-0.4, -0.2) is 19.0 Å². The highest BCUT2D eigenvalue weighted by molar-refractivity contribution is 7.88. The molecular weight excluding hydrogens is 324 g/mol. The van der Waals surface area contributed by atoms with E-state index in [-0.39, 0.29) is 9.90 Å². The van der Waals surface area contributed by atoms with E-state index in [1.54, 1.807) is 24.3 Å². The molecule has 0 unspecified atom stereocenters. The van der Waals surface area contributed by atoms with Gasteiger partial charge in [0.05, 0.1) is 5.69 Å². The number of hydrogen-bond acceptors (Lipinski definition) is 4. The third-order valence-corrected chi connectivity index (χ3v) is 5.08. The maximum absolute atomic E-state index is 11.3. The molecule has 0 fully saturated rings. The summed E-state index contributed by atoms with van der Waals surface area (Å²) >= 11 is 6.67. The second-order valence-electron chi connectivity index (χ2n) is 3.79. The summed E-state index contributed by atoms with van der Waals surface area (Å²) in [6, 6.07) is 7.21. The van der Waals surface area contributed by atoms with Gasteiger partial charge in [0.1, 0.15) is 0 Å². The summed E-state index contributed by atoms with van der Waals surface area (Å²) in [6.07, 6.45) is 0. The Morgan fingerprint density at radius 2 is 2.05 bits per heavy atom. The fourth-order valence-electron chi connectivity index (χ4n) is 1.57. The number of rotatable bonds is 3. The van der Waals surface area contributed by atoms with Gasteiger partial charge in [0.2, 0.25) is 0 Å². The van der Waals surface area contributed by atoms with Crippen molar-refractivity contribution in [2.75, 3.05) is 5.32 Å². The van der Waals surface area contributed by atoms with Crippen LogP contribution in [0.5, 0.6) is 0 Å². The number of amides is 2. The van der Waals surface area contributed by atoms with Gasteiger partial charge in [-0.25, -0.2) is 4.79 Å². The molecule has 4 N–H and O–H groups in total. The maximum atomic E-state index is 11.3. The number of benzene rings is 1. The summed E-state index contributed by atoms with van der Waals surface area (Å²) < 4.78 is 31.4. The van der Waals surface area contributed by atoms with Gasteiger partial charge in [0, 0.05) is 9.90 Å². The van der Waals surface area contributed by atoms with Crippen LogP contribution >= 0.6 is 22.9 Å². The fourth-order valence-corrected chi connectivity index (χ4v) is 3.68. The third-order valence-electron chi connectivity index (χ3n) is 2.30. The number of nitrogens with two attached hydrogens (primary N) is 1. The van der Waals surface area contributed by atoms with Gasteiger partial charge >= 0.3 is 16.1 Å². The van der Waals surface area contributed by atoms with Crippen molar-refractivity contribution in [3.05, 3.63) is 35.4 Å². The fraction of sp³-hybridized carbons (Fsp3) is 0. The summed E-state index contributed by atoms with van der Waals surface area (Å²) in [5.74, 6) is 0. The number of anilines is 1. The highest BCUT2D eigenvalue weighted by atomic mass is 35.5. The number of carbonyl (C=O) groups excluding carboxylic acids is 1. The zero-order valence-electron chi connectivity index (χ0n) is 9.83. The number of thiophene rings is 1. The lowest BCUT2D eigenvalue weighted by atomic mass is 10.2. The average Bonchev–Trinajstić information content (AvgIpc) is 2.71. The maximum Gasteiger partial charge on any atom is 0.316 e. The van der Waals surface area contributed by atoms with E-state index in [4.69, 9.17) is 21.9 Å². The van der Waals surface area contributed by atoms with Gasteiger partial charge in [-0.1, -0.05) is 23.7 Å². The Hall–Kier alpha value is -1.61. The summed E-state index contributed by atoms with van der Waals surface area (Å²) in [5.41, 5.74) is 5.55. The van der Waals surface area contributed by atoms with Crippen LogP contribution < -0.4 is 11.1 Å². The summed E-state index contributed by atoms with van der Waals surface area (Å²) in [4.78, 5) is 11.4. The average molecular weight is 333 g/mol. The summed E-state index contributed by atoms with van der Waals surface area (Å²) in [7, 11) is -4.46. The van der Waals surface area contributed by atoms with Crippen LogP contribution in [0, 0.1) is 0 Å². The van der Waals surface area contributed by atoms with Crippen molar-refractivity contribution < 1.29 is 17.8 Å². The molecule has 1 aromatic carbocycles. The Labute approximate surface area is 123 Å². The predicted octanol–water partition coefficient (Wildman–Crippen LogP) is 2.81. The van der Waals surface area contributed by atoms with Gasteiger partial charge in [-0.2, -0.15) is 8.42 Å². The molecule has 0 spiro atoms. The first-order chi connectivity index (χ1) is 9.27. The molecule has 0 radical (unpaired) electrons. The second kappa shape index (κ2) is 5.41. The molecule has 0 aliphatic rings. The van der Waals surface area contributed by atoms with E-state index >= 15 is 0 Å². The van der Waals surface area contributed by atoms with Gasteiger partial charge < -0.3 is 11.1 Å². The minimum absolute atomic E-state index is 0.0695. The molecule has 106 valence electrons. The molecular formula is C11H9ClN2O4S2. The van der Waals surface area contributed by atoms with Crippen molar-refractivity contribution in [1.29, 1.82) is 0 Å². The minimum atomic E-state index is -4.46. The van der Waals surface area contributed by atoms with Crippen molar-refractivity contribution in [3.63, 3.8) is 0 Å². The lowest BCUT2D eigenvalue weighted by molar-refractivity contribution is 0.259. The quantitative estimate of drug-likeness (QED) is 0.750. The molecule has 2 aromatic rings. The smallest absolute Gasteiger partial charge is 0.316 e. The van der Waals surface area contributed by atoms with Gasteiger partial charge in [-0.15, -0.1) is 11.3 Å². The van der Waals surface area contributed by atoms with E-state index in [2.05, 4.69) is 5.32 Å². The number of nitrogens with one attached hydrogen (secondary N) is 1. The van der Waals surface area contributed by atoms with Crippen molar-refractivity contribution >= 4 is 44.8 Å². The summed E-state index contributed by atoms with van der Waals surface area (Å²) in [5, 5.41) is 2.64. The van der Waals surface area contributed by atoms with Crippen LogP contribution in [0.15, 0.2) is 34.5 Å². The van der Waals surface area contributed by atoms with Crippen LogP contribution in [-0.2, 0) is 10.1 Å². The van der Waals surface area contributed by atoms with E-state index in [0.717, 1.165) is 11.3 Å². The largest absolute Gasteiger partial charge is 0.351 e. The minimum Gasteiger partial charge on any atom is -0.351 e. The Morgan fingerprint density at radius 3 is 2.60 bits per heavy atom. The molecule has 0 saturated heterocycles. The zero-order valence-corrected chi connectivity index (χ0v) is 12.2. The van der Waals surface area contributed by atoms with Crippen LogP contribution in [0.25, 0.3) is 10.4 Å². The van der Waals surface area contributed by atoms with Gasteiger partial charge in [0.15, 0.2) is 4.21 Å². The Balaban J connectivity index is 2.57. The van der Waals surface area contributed by atoms with E-state index in [0.29, 0.717) is 15.5 Å². The molecule has 0 atom stereocenters. The first-order valence-electron chi connectivity index (χ1n) is 5.21. The SMILES string of the molecule is NC(=O)Nc1cc(-c2cccc(Cl)c2)sc1S(=O)(=O)O. The molecule has 1 aromatic heterocycles. The monoisotopic (exact) mass is 332 g/mol. The number of primary amides is 1. The third kappa shape index (κ3) is 3.28. The number of halogens is 1. The first-order valence-corrected chi connectivity index (χ1v) is 7.84. The molecule has 0 bridgehead atoms. The number of urea groups is 1. The highest BCUT2D eigenvalue weighted by Gasteiger charge is 2.21. The Kier molecular flexibility index (Phi) is 4.00. The van der Waals surface area contributed by atoms with Crippen LogP contribution in [0.4, 0.5) is 10.5 Å². The van der Waals surface area contributed by atoms with Crippen LogP contribution in [0.1, 0.15) is 0 Å². The topological polar surface area (TPSA) is 109 Å². The van der Waals surface area contributed by atoms with Gasteiger partial charge in [-0.05, 0) is 23.8 Å². The molecule has 0 aliphatic heterocycles. The van der Waals surface area contributed by atoms with Crippen molar-refractivity contribution in [2.24, 2.45) is 5.73 Å². The van der Waals surface area contributed by atoms with Crippen LogP contribution in [0.3, 0.4) is 0 Å². The Morgan fingerprint density at radius 1 is 1.35 bits per heavy atom. The molecule has 1 heterocycles. The number of carbonyl (C=O) groups is 1.